The normalized spacial score (nSPS) is 12.0. The molecule has 0 radical (unpaired) electrons. The summed E-state index contributed by atoms with van der Waals surface area (Å²) in [6.07, 6.45) is 9.99. The molecule has 1 aromatic heterocycles. The highest BCUT2D eigenvalue weighted by molar-refractivity contribution is 5.75. The van der Waals surface area contributed by atoms with Crippen LogP contribution in [0.1, 0.15) is 58.4 Å². The monoisotopic (exact) mass is 358 g/mol. The summed E-state index contributed by atoms with van der Waals surface area (Å²) in [4.78, 5) is 20.5. The molecule has 0 saturated carbocycles. The zero-order chi connectivity index (χ0) is 18.9. The first-order valence-electron chi connectivity index (χ1n) is 9.37. The number of hydrogen-bond donors (Lipinski definition) is 0. The SMILES string of the molecule is CCCCCCc1cnc(-c2ccc(OC(=O)C(C)CC)c(F)c2)nc1. The molecule has 5 heteroatoms. The Hall–Kier alpha value is -2.30. The van der Waals surface area contributed by atoms with Crippen LogP contribution in [0.2, 0.25) is 0 Å². The van der Waals surface area contributed by atoms with Gasteiger partial charge in [0.1, 0.15) is 0 Å². The number of halogens is 1. The summed E-state index contributed by atoms with van der Waals surface area (Å²) < 4.78 is 19.4. The van der Waals surface area contributed by atoms with Crippen LogP contribution in [0.15, 0.2) is 30.6 Å². The van der Waals surface area contributed by atoms with Gasteiger partial charge in [0.15, 0.2) is 17.4 Å². The van der Waals surface area contributed by atoms with Crippen molar-refractivity contribution in [1.29, 1.82) is 0 Å². The summed E-state index contributed by atoms with van der Waals surface area (Å²) >= 11 is 0. The van der Waals surface area contributed by atoms with Gasteiger partial charge in [0.25, 0.3) is 0 Å². The van der Waals surface area contributed by atoms with E-state index in [1.807, 2.05) is 6.92 Å². The van der Waals surface area contributed by atoms with Gasteiger partial charge in [0.05, 0.1) is 5.92 Å². The van der Waals surface area contributed by atoms with E-state index in [1.165, 1.54) is 31.4 Å². The van der Waals surface area contributed by atoms with E-state index in [0.29, 0.717) is 17.8 Å². The van der Waals surface area contributed by atoms with E-state index in [4.69, 9.17) is 4.74 Å². The first-order valence-corrected chi connectivity index (χ1v) is 9.37. The number of nitrogens with zero attached hydrogens (tertiary/aromatic N) is 2. The van der Waals surface area contributed by atoms with Gasteiger partial charge in [-0.2, -0.15) is 0 Å². The first-order chi connectivity index (χ1) is 12.5. The molecule has 0 aliphatic rings. The Morgan fingerprint density at radius 1 is 1.15 bits per heavy atom. The van der Waals surface area contributed by atoms with Crippen molar-refractivity contribution in [2.75, 3.05) is 0 Å². The van der Waals surface area contributed by atoms with Gasteiger partial charge in [0, 0.05) is 18.0 Å². The maximum absolute atomic E-state index is 14.2. The highest BCUT2D eigenvalue weighted by Gasteiger charge is 2.16. The van der Waals surface area contributed by atoms with E-state index in [0.717, 1.165) is 18.4 Å². The molecule has 0 aliphatic carbocycles. The lowest BCUT2D eigenvalue weighted by Crippen LogP contribution is -2.17. The smallest absolute Gasteiger partial charge is 0.314 e. The molecule has 140 valence electrons. The van der Waals surface area contributed by atoms with E-state index in [2.05, 4.69) is 16.9 Å². The third-order valence-electron chi connectivity index (χ3n) is 4.44. The third kappa shape index (κ3) is 5.61. The minimum absolute atomic E-state index is 0.0633. The van der Waals surface area contributed by atoms with Crippen molar-refractivity contribution >= 4 is 5.97 Å². The molecule has 2 rings (SSSR count). The summed E-state index contributed by atoms with van der Waals surface area (Å²) in [5.41, 5.74) is 1.65. The number of unbranched alkanes of at least 4 members (excludes halogenated alkanes) is 3. The molecule has 1 unspecified atom stereocenters. The van der Waals surface area contributed by atoms with Crippen molar-refractivity contribution in [1.82, 2.24) is 9.97 Å². The van der Waals surface area contributed by atoms with Crippen LogP contribution in [-0.2, 0) is 11.2 Å². The Bertz CT molecular complexity index is 716. The number of carbonyl (C=O) groups is 1. The van der Waals surface area contributed by atoms with E-state index < -0.39 is 11.8 Å². The Labute approximate surface area is 154 Å². The molecule has 1 aromatic carbocycles. The predicted molar refractivity (Wildman–Crippen MR) is 100 cm³/mol. The van der Waals surface area contributed by atoms with E-state index in [1.54, 1.807) is 25.4 Å². The van der Waals surface area contributed by atoms with E-state index in [-0.39, 0.29) is 11.7 Å². The highest BCUT2D eigenvalue weighted by Crippen LogP contribution is 2.24. The van der Waals surface area contributed by atoms with Crippen LogP contribution >= 0.6 is 0 Å². The van der Waals surface area contributed by atoms with Crippen molar-refractivity contribution in [3.8, 4) is 17.1 Å². The summed E-state index contributed by atoms with van der Waals surface area (Å²) in [6, 6.07) is 4.42. The van der Waals surface area contributed by atoms with E-state index >= 15 is 0 Å². The highest BCUT2D eigenvalue weighted by atomic mass is 19.1. The molecule has 0 fully saturated rings. The maximum Gasteiger partial charge on any atom is 0.314 e. The second-order valence-corrected chi connectivity index (χ2v) is 6.60. The van der Waals surface area contributed by atoms with Crippen molar-refractivity contribution in [3.05, 3.63) is 42.0 Å². The Kier molecular flexibility index (Phi) is 7.70. The van der Waals surface area contributed by atoms with Gasteiger partial charge >= 0.3 is 5.97 Å². The molecule has 1 atom stereocenters. The standard InChI is InChI=1S/C21H27FN2O2/c1-4-6-7-8-9-16-13-23-20(24-14-16)17-10-11-19(18(22)12-17)26-21(25)15(3)5-2/h10-15H,4-9H2,1-3H3. The molecular formula is C21H27FN2O2. The predicted octanol–water partition coefficient (Wildman–Crippen LogP) is 5.36. The molecule has 0 amide bonds. The molecule has 1 heterocycles. The van der Waals surface area contributed by atoms with Crippen LogP contribution in [0.3, 0.4) is 0 Å². The van der Waals surface area contributed by atoms with Crippen molar-refractivity contribution in [3.63, 3.8) is 0 Å². The number of aryl methyl sites for hydroxylation is 1. The number of benzene rings is 1. The number of carbonyl (C=O) groups excluding carboxylic acids is 1. The quantitative estimate of drug-likeness (QED) is 0.344. The summed E-state index contributed by atoms with van der Waals surface area (Å²) in [5, 5.41) is 0. The van der Waals surface area contributed by atoms with Gasteiger partial charge in [-0.15, -0.1) is 0 Å². The molecule has 0 N–H and O–H groups in total. The molecular weight excluding hydrogens is 331 g/mol. The molecule has 0 bridgehead atoms. The molecule has 26 heavy (non-hydrogen) atoms. The fourth-order valence-corrected chi connectivity index (χ4v) is 2.49. The summed E-state index contributed by atoms with van der Waals surface area (Å²) in [7, 11) is 0. The van der Waals surface area contributed by atoms with Crippen molar-refractivity contribution in [2.24, 2.45) is 5.92 Å². The zero-order valence-corrected chi connectivity index (χ0v) is 15.8. The van der Waals surface area contributed by atoms with Crippen LogP contribution in [0.25, 0.3) is 11.4 Å². The number of aromatic nitrogens is 2. The fourth-order valence-electron chi connectivity index (χ4n) is 2.49. The number of esters is 1. The molecule has 0 saturated heterocycles. The summed E-state index contributed by atoms with van der Waals surface area (Å²) in [5.74, 6) is -0.885. The van der Waals surface area contributed by atoms with Crippen molar-refractivity contribution in [2.45, 2.75) is 59.3 Å². The maximum atomic E-state index is 14.2. The Balaban J connectivity index is 2.03. The van der Waals surface area contributed by atoms with Gasteiger partial charge in [-0.25, -0.2) is 14.4 Å². The topological polar surface area (TPSA) is 52.1 Å². The van der Waals surface area contributed by atoms with Gasteiger partial charge in [0.2, 0.25) is 0 Å². The lowest BCUT2D eigenvalue weighted by atomic mass is 10.1. The van der Waals surface area contributed by atoms with E-state index in [9.17, 15) is 9.18 Å². The lowest BCUT2D eigenvalue weighted by molar-refractivity contribution is -0.138. The third-order valence-corrected chi connectivity index (χ3v) is 4.44. The molecule has 0 aliphatic heterocycles. The van der Waals surface area contributed by atoms with Crippen LogP contribution in [0.4, 0.5) is 4.39 Å². The lowest BCUT2D eigenvalue weighted by Gasteiger charge is -2.10. The Morgan fingerprint density at radius 2 is 1.88 bits per heavy atom. The average Bonchev–Trinajstić information content (AvgIpc) is 2.66. The number of ether oxygens (including phenoxy) is 1. The first kappa shape index (κ1) is 20.0. The van der Waals surface area contributed by atoms with Gasteiger partial charge in [-0.05, 0) is 43.0 Å². The second kappa shape index (κ2) is 10.00. The van der Waals surface area contributed by atoms with Crippen LogP contribution < -0.4 is 4.74 Å². The molecule has 4 nitrogen and oxygen atoms in total. The minimum Gasteiger partial charge on any atom is -0.423 e. The van der Waals surface area contributed by atoms with Gasteiger partial charge in [-0.3, -0.25) is 4.79 Å². The van der Waals surface area contributed by atoms with Crippen molar-refractivity contribution < 1.29 is 13.9 Å². The fraction of sp³-hybridized carbons (Fsp3) is 0.476. The molecule has 0 spiro atoms. The van der Waals surface area contributed by atoms with Gasteiger partial charge in [-0.1, -0.05) is 40.0 Å². The zero-order valence-electron chi connectivity index (χ0n) is 15.8. The minimum atomic E-state index is -0.591. The number of hydrogen-bond acceptors (Lipinski definition) is 4. The van der Waals surface area contributed by atoms with Crippen LogP contribution in [0, 0.1) is 11.7 Å². The van der Waals surface area contributed by atoms with Gasteiger partial charge < -0.3 is 4.74 Å². The molecule has 2 aromatic rings. The van der Waals surface area contributed by atoms with Crippen LogP contribution in [-0.4, -0.2) is 15.9 Å². The Morgan fingerprint density at radius 3 is 2.50 bits per heavy atom. The second-order valence-electron chi connectivity index (χ2n) is 6.60. The number of rotatable bonds is 9. The largest absolute Gasteiger partial charge is 0.423 e. The summed E-state index contributed by atoms with van der Waals surface area (Å²) in [6.45, 7) is 5.83. The van der Waals surface area contributed by atoms with Crippen LogP contribution in [0.5, 0.6) is 5.75 Å². The average molecular weight is 358 g/mol.